The molecule has 0 saturated carbocycles. The Kier molecular flexibility index (Phi) is 6.17. The number of para-hydroxylation sites is 1. The molecule has 0 radical (unpaired) electrons. The maximum absolute atomic E-state index is 13.7. The summed E-state index contributed by atoms with van der Waals surface area (Å²) in [5.74, 6) is 1.53. The van der Waals surface area contributed by atoms with Crippen molar-refractivity contribution < 1.29 is 9.18 Å². The van der Waals surface area contributed by atoms with Crippen LogP contribution < -0.4 is 10.6 Å². The molecule has 154 valence electrons. The van der Waals surface area contributed by atoms with Crippen molar-refractivity contribution in [3.8, 4) is 0 Å². The van der Waals surface area contributed by atoms with Crippen LogP contribution in [0.4, 0.5) is 21.7 Å². The van der Waals surface area contributed by atoms with Crippen LogP contribution in [0, 0.1) is 5.82 Å². The Morgan fingerprint density at radius 3 is 2.53 bits per heavy atom. The fourth-order valence-electron chi connectivity index (χ4n) is 3.69. The van der Waals surface area contributed by atoms with Crippen LogP contribution in [0.15, 0.2) is 67.0 Å². The summed E-state index contributed by atoms with van der Waals surface area (Å²) >= 11 is 0. The van der Waals surface area contributed by atoms with Crippen molar-refractivity contribution in [1.29, 1.82) is 0 Å². The Labute approximate surface area is 175 Å². The number of piperidine rings is 1. The molecule has 7 heteroatoms. The van der Waals surface area contributed by atoms with E-state index in [1.807, 2.05) is 29.2 Å². The number of pyridine rings is 2. The molecule has 1 amide bonds. The van der Waals surface area contributed by atoms with Gasteiger partial charge in [0.25, 0.3) is 0 Å². The van der Waals surface area contributed by atoms with Crippen LogP contribution in [0.5, 0.6) is 0 Å². The van der Waals surface area contributed by atoms with Crippen molar-refractivity contribution in [1.82, 2.24) is 14.9 Å². The smallest absolute Gasteiger partial charge is 0.241 e. The van der Waals surface area contributed by atoms with Gasteiger partial charge in [0.2, 0.25) is 5.91 Å². The number of aromatic nitrogens is 2. The summed E-state index contributed by atoms with van der Waals surface area (Å²) in [5, 5.41) is 6.12. The van der Waals surface area contributed by atoms with E-state index >= 15 is 0 Å². The van der Waals surface area contributed by atoms with Gasteiger partial charge in [0, 0.05) is 25.5 Å². The molecule has 3 heterocycles. The summed E-state index contributed by atoms with van der Waals surface area (Å²) < 4.78 is 13.7. The maximum atomic E-state index is 13.7. The number of halogens is 1. The standard InChI is InChI=1S/C23H24FN5O/c24-19-5-1-2-6-20(19)27-16-23(30)29-13-9-17(10-14-29)18-8-12-26-22(15-18)28-21-7-3-4-11-25-21/h1-8,11-12,15,17,27H,9-10,13-14,16H2,(H,25,26,28). The van der Waals surface area contributed by atoms with E-state index in [1.165, 1.54) is 11.6 Å². The van der Waals surface area contributed by atoms with Gasteiger partial charge in [-0.05, 0) is 60.7 Å². The summed E-state index contributed by atoms with van der Waals surface area (Å²) in [7, 11) is 0. The molecule has 1 aliphatic rings. The highest BCUT2D eigenvalue weighted by Crippen LogP contribution is 2.29. The highest BCUT2D eigenvalue weighted by atomic mass is 19.1. The molecule has 2 N–H and O–H groups in total. The van der Waals surface area contributed by atoms with E-state index in [1.54, 1.807) is 30.6 Å². The molecule has 0 unspecified atom stereocenters. The van der Waals surface area contributed by atoms with Crippen molar-refractivity contribution in [2.75, 3.05) is 30.3 Å². The number of nitrogens with one attached hydrogen (secondary N) is 2. The van der Waals surface area contributed by atoms with E-state index in [0.717, 1.165) is 24.5 Å². The number of hydrogen-bond donors (Lipinski definition) is 2. The second kappa shape index (κ2) is 9.35. The molecule has 0 spiro atoms. The van der Waals surface area contributed by atoms with E-state index in [9.17, 15) is 9.18 Å². The average Bonchev–Trinajstić information content (AvgIpc) is 2.79. The Bertz CT molecular complexity index is 990. The number of benzene rings is 1. The Hall–Kier alpha value is -3.48. The fraction of sp³-hybridized carbons (Fsp3) is 0.261. The molecule has 0 atom stereocenters. The second-order valence-corrected chi connectivity index (χ2v) is 7.30. The first-order chi connectivity index (χ1) is 14.7. The molecule has 2 aromatic heterocycles. The van der Waals surface area contributed by atoms with Gasteiger partial charge in [0.1, 0.15) is 17.5 Å². The summed E-state index contributed by atoms with van der Waals surface area (Å²) in [6.07, 6.45) is 5.31. The van der Waals surface area contributed by atoms with Crippen molar-refractivity contribution in [2.45, 2.75) is 18.8 Å². The molecule has 1 aromatic carbocycles. The molecule has 1 saturated heterocycles. The summed E-state index contributed by atoms with van der Waals surface area (Å²) in [5.41, 5.74) is 1.56. The lowest BCUT2D eigenvalue weighted by Crippen LogP contribution is -2.41. The van der Waals surface area contributed by atoms with Gasteiger partial charge in [0.05, 0.1) is 12.2 Å². The van der Waals surface area contributed by atoms with Gasteiger partial charge in [-0.3, -0.25) is 4.79 Å². The number of rotatable bonds is 6. The first kappa shape index (κ1) is 19.8. The quantitative estimate of drug-likeness (QED) is 0.644. The zero-order valence-corrected chi connectivity index (χ0v) is 16.6. The Morgan fingerprint density at radius 2 is 1.77 bits per heavy atom. The van der Waals surface area contributed by atoms with Crippen LogP contribution in [0.2, 0.25) is 0 Å². The molecular formula is C23H24FN5O. The molecule has 3 aromatic rings. The molecule has 4 rings (SSSR count). The van der Waals surface area contributed by atoms with E-state index in [0.29, 0.717) is 24.7 Å². The molecule has 1 aliphatic heterocycles. The van der Waals surface area contributed by atoms with Crippen molar-refractivity contribution in [2.24, 2.45) is 0 Å². The van der Waals surface area contributed by atoms with E-state index in [2.05, 4.69) is 26.7 Å². The number of carbonyl (C=O) groups is 1. The van der Waals surface area contributed by atoms with Gasteiger partial charge in [-0.2, -0.15) is 0 Å². The zero-order chi connectivity index (χ0) is 20.8. The zero-order valence-electron chi connectivity index (χ0n) is 16.6. The van der Waals surface area contributed by atoms with Gasteiger partial charge in [-0.1, -0.05) is 18.2 Å². The summed E-state index contributed by atoms with van der Waals surface area (Å²) in [6.45, 7) is 1.47. The van der Waals surface area contributed by atoms with E-state index < -0.39 is 0 Å². The topological polar surface area (TPSA) is 70.2 Å². The molecular weight excluding hydrogens is 381 g/mol. The third-order valence-electron chi connectivity index (χ3n) is 5.33. The van der Waals surface area contributed by atoms with Crippen LogP contribution in [0.3, 0.4) is 0 Å². The first-order valence-electron chi connectivity index (χ1n) is 10.1. The van der Waals surface area contributed by atoms with Crippen LogP contribution >= 0.6 is 0 Å². The summed E-state index contributed by atoms with van der Waals surface area (Å²) in [6, 6.07) is 16.2. The predicted octanol–water partition coefficient (Wildman–Crippen LogP) is 4.18. The molecule has 0 aliphatic carbocycles. The SMILES string of the molecule is O=C(CNc1ccccc1F)N1CCC(c2ccnc(Nc3ccccn3)c2)CC1. The average molecular weight is 405 g/mol. The normalized spacial score (nSPS) is 14.4. The Morgan fingerprint density at radius 1 is 1.00 bits per heavy atom. The number of amides is 1. The predicted molar refractivity (Wildman–Crippen MR) is 115 cm³/mol. The largest absolute Gasteiger partial charge is 0.374 e. The first-order valence-corrected chi connectivity index (χ1v) is 10.1. The molecule has 0 bridgehead atoms. The fourth-order valence-corrected chi connectivity index (χ4v) is 3.69. The molecule has 1 fully saturated rings. The second-order valence-electron chi connectivity index (χ2n) is 7.30. The van der Waals surface area contributed by atoms with Crippen LogP contribution in [-0.2, 0) is 4.79 Å². The van der Waals surface area contributed by atoms with Crippen LogP contribution in [-0.4, -0.2) is 40.4 Å². The lowest BCUT2D eigenvalue weighted by Gasteiger charge is -2.32. The maximum Gasteiger partial charge on any atom is 0.241 e. The highest BCUT2D eigenvalue weighted by molar-refractivity contribution is 5.81. The van der Waals surface area contributed by atoms with Crippen LogP contribution in [0.1, 0.15) is 24.3 Å². The number of hydrogen-bond acceptors (Lipinski definition) is 5. The van der Waals surface area contributed by atoms with Crippen molar-refractivity contribution >= 4 is 23.2 Å². The third-order valence-corrected chi connectivity index (χ3v) is 5.33. The van der Waals surface area contributed by atoms with Gasteiger partial charge in [0.15, 0.2) is 0 Å². The minimum absolute atomic E-state index is 0.0102. The van der Waals surface area contributed by atoms with Crippen LogP contribution in [0.25, 0.3) is 0 Å². The van der Waals surface area contributed by atoms with E-state index in [4.69, 9.17) is 0 Å². The molecule has 6 nitrogen and oxygen atoms in total. The van der Waals surface area contributed by atoms with Gasteiger partial charge in [-0.15, -0.1) is 0 Å². The van der Waals surface area contributed by atoms with Gasteiger partial charge < -0.3 is 15.5 Å². The highest BCUT2D eigenvalue weighted by Gasteiger charge is 2.24. The minimum atomic E-state index is -0.350. The number of nitrogens with zero attached hydrogens (tertiary/aromatic N) is 3. The minimum Gasteiger partial charge on any atom is -0.374 e. The van der Waals surface area contributed by atoms with Gasteiger partial charge >= 0.3 is 0 Å². The third kappa shape index (κ3) is 4.92. The number of carbonyl (C=O) groups excluding carboxylic acids is 1. The van der Waals surface area contributed by atoms with Crippen molar-refractivity contribution in [3.05, 3.63) is 78.4 Å². The van der Waals surface area contributed by atoms with E-state index in [-0.39, 0.29) is 18.3 Å². The lowest BCUT2D eigenvalue weighted by molar-refractivity contribution is -0.130. The Balaban J connectivity index is 1.30. The van der Waals surface area contributed by atoms with Crippen molar-refractivity contribution in [3.63, 3.8) is 0 Å². The number of anilines is 3. The lowest BCUT2D eigenvalue weighted by atomic mass is 9.90. The summed E-state index contributed by atoms with van der Waals surface area (Å²) in [4.78, 5) is 23.0. The monoisotopic (exact) mass is 405 g/mol. The molecule has 30 heavy (non-hydrogen) atoms. The van der Waals surface area contributed by atoms with Gasteiger partial charge in [-0.25, -0.2) is 14.4 Å². The number of likely N-dealkylation sites (tertiary alicyclic amines) is 1.